The monoisotopic (exact) mass is 232 g/mol. The molecule has 0 bridgehead atoms. The fourth-order valence-corrected chi connectivity index (χ4v) is 2.25. The fraction of sp³-hybridized carbons (Fsp3) is 0.900. The first kappa shape index (κ1) is 10.2. The smallest absolute Gasteiger partial charge is 0.135 e. The van der Waals surface area contributed by atoms with Gasteiger partial charge in [-0.15, -0.1) is 0 Å². The van der Waals surface area contributed by atoms with Gasteiger partial charge in [0, 0.05) is 17.7 Å². The standard InChI is InChI=1S/C10H17BrO/c11-8-3-1-2-5-9-6-4-7-10(9)12/h9H,1-8H2. The zero-order valence-corrected chi connectivity index (χ0v) is 9.11. The lowest BCUT2D eigenvalue weighted by atomic mass is 9.99. The van der Waals surface area contributed by atoms with Crippen LogP contribution in [0.3, 0.4) is 0 Å². The highest BCUT2D eigenvalue weighted by molar-refractivity contribution is 9.09. The van der Waals surface area contributed by atoms with Crippen molar-refractivity contribution < 1.29 is 4.79 Å². The average molecular weight is 233 g/mol. The molecule has 1 nitrogen and oxygen atoms in total. The number of rotatable bonds is 5. The van der Waals surface area contributed by atoms with Crippen LogP contribution >= 0.6 is 15.9 Å². The molecule has 0 heterocycles. The Morgan fingerprint density at radius 2 is 2.17 bits per heavy atom. The zero-order valence-electron chi connectivity index (χ0n) is 7.52. The third-order valence-electron chi connectivity index (χ3n) is 2.62. The Labute approximate surface area is 83.0 Å². The molecule has 0 aromatic carbocycles. The second-order valence-corrected chi connectivity index (χ2v) is 4.39. The van der Waals surface area contributed by atoms with Crippen molar-refractivity contribution in [1.29, 1.82) is 0 Å². The topological polar surface area (TPSA) is 17.1 Å². The molecule has 2 heteroatoms. The van der Waals surface area contributed by atoms with Crippen LogP contribution in [-0.4, -0.2) is 11.1 Å². The molecule has 0 aliphatic heterocycles. The minimum absolute atomic E-state index is 0.431. The van der Waals surface area contributed by atoms with Gasteiger partial charge in [-0.2, -0.15) is 0 Å². The molecule has 1 aliphatic rings. The van der Waals surface area contributed by atoms with Crippen molar-refractivity contribution in [3.63, 3.8) is 0 Å². The summed E-state index contributed by atoms with van der Waals surface area (Å²) in [5.41, 5.74) is 0. The molecule has 1 aliphatic carbocycles. The highest BCUT2D eigenvalue weighted by Crippen LogP contribution is 2.26. The fourth-order valence-electron chi connectivity index (χ4n) is 1.86. The van der Waals surface area contributed by atoms with E-state index in [0.717, 1.165) is 31.0 Å². The molecular weight excluding hydrogens is 216 g/mol. The van der Waals surface area contributed by atoms with Gasteiger partial charge in [0.05, 0.1) is 0 Å². The Hall–Kier alpha value is 0.150. The lowest BCUT2D eigenvalue weighted by molar-refractivity contribution is -0.120. The van der Waals surface area contributed by atoms with Gasteiger partial charge in [-0.3, -0.25) is 4.79 Å². The molecule has 0 spiro atoms. The summed E-state index contributed by atoms with van der Waals surface area (Å²) in [6, 6.07) is 0. The zero-order chi connectivity index (χ0) is 8.81. The number of unbranched alkanes of at least 4 members (excludes halogenated alkanes) is 2. The molecule has 1 fully saturated rings. The number of hydrogen-bond donors (Lipinski definition) is 0. The molecule has 0 N–H and O–H groups in total. The van der Waals surface area contributed by atoms with Crippen LogP contribution in [0, 0.1) is 5.92 Å². The minimum Gasteiger partial charge on any atom is -0.299 e. The van der Waals surface area contributed by atoms with Crippen molar-refractivity contribution >= 4 is 21.7 Å². The van der Waals surface area contributed by atoms with Crippen molar-refractivity contribution in [2.24, 2.45) is 5.92 Å². The quantitative estimate of drug-likeness (QED) is 0.526. The van der Waals surface area contributed by atoms with Gasteiger partial charge in [-0.25, -0.2) is 0 Å². The molecule has 0 aromatic rings. The first-order valence-corrected chi connectivity index (χ1v) is 6.05. The molecule has 1 unspecified atom stereocenters. The maximum Gasteiger partial charge on any atom is 0.135 e. The molecule has 1 rings (SSSR count). The van der Waals surface area contributed by atoms with Crippen LogP contribution in [0.2, 0.25) is 0 Å². The van der Waals surface area contributed by atoms with Gasteiger partial charge in [0.25, 0.3) is 0 Å². The summed E-state index contributed by atoms with van der Waals surface area (Å²) in [7, 11) is 0. The van der Waals surface area contributed by atoms with Crippen LogP contribution in [0.15, 0.2) is 0 Å². The molecule has 1 saturated carbocycles. The van der Waals surface area contributed by atoms with Crippen molar-refractivity contribution in [3.05, 3.63) is 0 Å². The first-order chi connectivity index (χ1) is 5.84. The van der Waals surface area contributed by atoms with Gasteiger partial charge < -0.3 is 0 Å². The first-order valence-electron chi connectivity index (χ1n) is 4.93. The molecular formula is C10H17BrO. The van der Waals surface area contributed by atoms with Crippen LogP contribution in [0.4, 0.5) is 0 Å². The third-order valence-corrected chi connectivity index (χ3v) is 3.18. The van der Waals surface area contributed by atoms with E-state index in [1.54, 1.807) is 0 Å². The molecule has 12 heavy (non-hydrogen) atoms. The molecule has 0 saturated heterocycles. The van der Waals surface area contributed by atoms with Gasteiger partial charge in [0.15, 0.2) is 0 Å². The predicted molar refractivity (Wildman–Crippen MR) is 54.6 cm³/mol. The number of alkyl halides is 1. The number of hydrogen-bond acceptors (Lipinski definition) is 1. The summed E-state index contributed by atoms with van der Waals surface area (Å²) in [6.07, 6.45) is 8.06. The van der Waals surface area contributed by atoms with E-state index in [-0.39, 0.29) is 0 Å². The van der Waals surface area contributed by atoms with Crippen LogP contribution in [-0.2, 0) is 4.79 Å². The van der Waals surface area contributed by atoms with Gasteiger partial charge >= 0.3 is 0 Å². The van der Waals surface area contributed by atoms with Gasteiger partial charge in [-0.05, 0) is 25.7 Å². The molecule has 0 radical (unpaired) electrons. The maximum absolute atomic E-state index is 11.2. The van der Waals surface area contributed by atoms with Gasteiger partial charge in [0.2, 0.25) is 0 Å². The van der Waals surface area contributed by atoms with E-state index in [9.17, 15) is 4.79 Å². The SMILES string of the molecule is O=C1CCCC1CCCCCBr. The highest BCUT2D eigenvalue weighted by Gasteiger charge is 2.23. The Morgan fingerprint density at radius 1 is 1.33 bits per heavy atom. The summed E-state index contributed by atoms with van der Waals surface area (Å²) in [6.45, 7) is 0. The normalized spacial score (nSPS) is 23.4. The molecule has 0 aromatic heterocycles. The lowest BCUT2D eigenvalue weighted by Gasteiger charge is -2.05. The summed E-state index contributed by atoms with van der Waals surface area (Å²) in [5, 5.41) is 1.10. The summed E-state index contributed by atoms with van der Waals surface area (Å²) in [5.74, 6) is 0.953. The van der Waals surface area contributed by atoms with E-state index in [4.69, 9.17) is 0 Å². The number of carbonyl (C=O) groups excluding carboxylic acids is 1. The van der Waals surface area contributed by atoms with E-state index >= 15 is 0 Å². The van der Waals surface area contributed by atoms with Crippen molar-refractivity contribution in [3.8, 4) is 0 Å². The predicted octanol–water partition coefficient (Wildman–Crippen LogP) is 3.31. The highest BCUT2D eigenvalue weighted by atomic mass is 79.9. The van der Waals surface area contributed by atoms with E-state index in [0.29, 0.717) is 11.7 Å². The largest absolute Gasteiger partial charge is 0.299 e. The maximum atomic E-state index is 11.2. The second-order valence-electron chi connectivity index (χ2n) is 3.59. The number of Topliss-reactive ketones (excluding diaryl/α,β-unsaturated/α-hetero) is 1. The van der Waals surface area contributed by atoms with Crippen LogP contribution in [0.25, 0.3) is 0 Å². The van der Waals surface area contributed by atoms with Crippen molar-refractivity contribution in [1.82, 2.24) is 0 Å². The molecule has 0 amide bonds. The van der Waals surface area contributed by atoms with E-state index in [2.05, 4.69) is 15.9 Å². The third kappa shape index (κ3) is 3.26. The Bertz CT molecular complexity index is 145. The van der Waals surface area contributed by atoms with Gasteiger partial charge in [-0.1, -0.05) is 28.8 Å². The second kappa shape index (κ2) is 5.74. The number of ketones is 1. The molecule has 1 atom stereocenters. The number of carbonyl (C=O) groups is 1. The van der Waals surface area contributed by atoms with E-state index in [1.807, 2.05) is 0 Å². The summed E-state index contributed by atoms with van der Waals surface area (Å²) in [4.78, 5) is 11.2. The van der Waals surface area contributed by atoms with Gasteiger partial charge in [0.1, 0.15) is 5.78 Å². The van der Waals surface area contributed by atoms with Crippen molar-refractivity contribution in [2.75, 3.05) is 5.33 Å². The Morgan fingerprint density at radius 3 is 2.75 bits per heavy atom. The molecule has 70 valence electrons. The van der Waals surface area contributed by atoms with E-state index < -0.39 is 0 Å². The van der Waals surface area contributed by atoms with Crippen molar-refractivity contribution in [2.45, 2.75) is 44.9 Å². The van der Waals surface area contributed by atoms with Crippen LogP contribution < -0.4 is 0 Å². The Balaban J connectivity index is 2.02. The minimum atomic E-state index is 0.431. The average Bonchev–Trinajstić information content (AvgIpc) is 2.46. The van der Waals surface area contributed by atoms with Crippen LogP contribution in [0.5, 0.6) is 0 Å². The van der Waals surface area contributed by atoms with Crippen LogP contribution in [0.1, 0.15) is 44.9 Å². The van der Waals surface area contributed by atoms with E-state index in [1.165, 1.54) is 19.3 Å². The Kier molecular flexibility index (Phi) is 4.89. The summed E-state index contributed by atoms with van der Waals surface area (Å²) < 4.78 is 0. The summed E-state index contributed by atoms with van der Waals surface area (Å²) >= 11 is 3.41. The number of halogens is 1. The lowest BCUT2D eigenvalue weighted by Crippen LogP contribution is -2.05.